The van der Waals surface area contributed by atoms with Crippen molar-refractivity contribution in [1.29, 1.82) is 0 Å². The molecule has 4 heteroatoms. The van der Waals surface area contributed by atoms with Crippen molar-refractivity contribution in [3.05, 3.63) is 200 Å². The second-order valence-electron chi connectivity index (χ2n) is 14.9. The van der Waals surface area contributed by atoms with E-state index in [1.54, 1.807) is 0 Å². The molecule has 0 spiro atoms. The van der Waals surface area contributed by atoms with Gasteiger partial charge in [-0.3, -0.25) is 0 Å². The van der Waals surface area contributed by atoms with E-state index in [1.165, 1.54) is 11.1 Å². The summed E-state index contributed by atoms with van der Waals surface area (Å²) >= 11 is 0. The summed E-state index contributed by atoms with van der Waals surface area (Å²) in [6, 6.07) is 70.2. The van der Waals surface area contributed by atoms with E-state index in [1.807, 2.05) is 12.1 Å². The van der Waals surface area contributed by atoms with Crippen molar-refractivity contribution in [2.45, 2.75) is 0 Å². The van der Waals surface area contributed by atoms with E-state index in [0.717, 1.165) is 105 Å². The summed E-state index contributed by atoms with van der Waals surface area (Å²) in [5.74, 6) is 0. The number of fused-ring (bicyclic) bond motifs is 9. The molecular weight excluding hydrogens is 711 g/mol. The molecule has 12 rings (SSSR count). The molecule has 0 saturated heterocycles. The Labute approximate surface area is 333 Å². The van der Waals surface area contributed by atoms with Gasteiger partial charge in [0.05, 0.1) is 0 Å². The average molecular weight is 744 g/mol. The Morgan fingerprint density at radius 1 is 0.259 bits per heavy atom. The maximum Gasteiger partial charge on any atom is 0.143 e. The highest BCUT2D eigenvalue weighted by Gasteiger charge is 2.18. The predicted molar refractivity (Wildman–Crippen MR) is 239 cm³/mol. The molecule has 0 aliphatic heterocycles. The first-order chi connectivity index (χ1) is 28.7. The van der Waals surface area contributed by atoms with E-state index < -0.39 is 0 Å². The van der Waals surface area contributed by atoms with Crippen LogP contribution in [0.4, 0.5) is 17.1 Å². The molecule has 0 fully saturated rings. The van der Waals surface area contributed by atoms with Crippen molar-refractivity contribution in [1.82, 2.24) is 0 Å². The highest BCUT2D eigenvalue weighted by Crippen LogP contribution is 2.42. The Morgan fingerprint density at radius 2 is 0.793 bits per heavy atom. The second-order valence-corrected chi connectivity index (χ2v) is 14.9. The SMILES string of the molecule is c1ccc(-c2cccc(N(c3ccccc3)c3ccc4oc5cc(-c6ccc7c(c6)oc6c(-c8ccc9oc%10ccccc%10c9c8)cccc67)ccc5c4c3)c2)cc1. The fourth-order valence-corrected chi connectivity index (χ4v) is 8.66. The third-order valence-electron chi connectivity index (χ3n) is 11.5. The first-order valence-corrected chi connectivity index (χ1v) is 19.6. The van der Waals surface area contributed by atoms with Gasteiger partial charge >= 0.3 is 0 Å². The molecule has 0 amide bonds. The third kappa shape index (κ3) is 5.23. The Bertz CT molecular complexity index is 3520. The Balaban J connectivity index is 0.922. The van der Waals surface area contributed by atoms with Gasteiger partial charge in [0.15, 0.2) is 0 Å². The molecule has 0 atom stereocenters. The zero-order chi connectivity index (χ0) is 38.2. The lowest BCUT2D eigenvalue weighted by atomic mass is 9.99. The third-order valence-corrected chi connectivity index (χ3v) is 11.5. The van der Waals surface area contributed by atoms with Gasteiger partial charge in [-0.2, -0.15) is 0 Å². The summed E-state index contributed by atoms with van der Waals surface area (Å²) in [4.78, 5) is 2.31. The van der Waals surface area contributed by atoms with E-state index >= 15 is 0 Å². The minimum absolute atomic E-state index is 0.844. The van der Waals surface area contributed by atoms with Crippen LogP contribution in [0.1, 0.15) is 0 Å². The molecule has 0 aliphatic rings. The summed E-state index contributed by atoms with van der Waals surface area (Å²) in [5.41, 5.74) is 15.1. The van der Waals surface area contributed by atoms with E-state index in [9.17, 15) is 0 Å². The van der Waals surface area contributed by atoms with Crippen molar-refractivity contribution in [3.63, 3.8) is 0 Å². The van der Waals surface area contributed by atoms with Gasteiger partial charge in [-0.05, 0) is 113 Å². The monoisotopic (exact) mass is 743 g/mol. The van der Waals surface area contributed by atoms with Gasteiger partial charge in [-0.15, -0.1) is 0 Å². The van der Waals surface area contributed by atoms with Crippen LogP contribution >= 0.6 is 0 Å². The topological polar surface area (TPSA) is 42.7 Å². The summed E-state index contributed by atoms with van der Waals surface area (Å²) < 4.78 is 19.4. The van der Waals surface area contributed by atoms with Crippen molar-refractivity contribution in [2.24, 2.45) is 0 Å². The number of furan rings is 3. The van der Waals surface area contributed by atoms with Crippen molar-refractivity contribution >= 4 is 82.9 Å². The van der Waals surface area contributed by atoms with Crippen molar-refractivity contribution < 1.29 is 13.3 Å². The summed E-state index contributed by atoms with van der Waals surface area (Å²) in [6.07, 6.45) is 0. The summed E-state index contributed by atoms with van der Waals surface area (Å²) in [5, 5.41) is 6.54. The molecule has 0 saturated carbocycles. The lowest BCUT2D eigenvalue weighted by Gasteiger charge is -2.26. The molecule has 3 aromatic heterocycles. The molecular formula is C54H33NO3. The summed E-state index contributed by atoms with van der Waals surface area (Å²) in [6.45, 7) is 0. The van der Waals surface area contributed by atoms with Gasteiger partial charge in [-0.25, -0.2) is 0 Å². The smallest absolute Gasteiger partial charge is 0.143 e. The van der Waals surface area contributed by atoms with Crippen LogP contribution in [-0.4, -0.2) is 0 Å². The predicted octanol–water partition coefficient (Wildman–Crippen LogP) is 15.9. The average Bonchev–Trinajstić information content (AvgIpc) is 3.97. The fraction of sp³-hybridized carbons (Fsp3) is 0. The Kier molecular flexibility index (Phi) is 7.20. The van der Waals surface area contributed by atoms with E-state index in [-0.39, 0.29) is 0 Å². The number of hydrogen-bond acceptors (Lipinski definition) is 4. The van der Waals surface area contributed by atoms with Crippen LogP contribution in [0.5, 0.6) is 0 Å². The first kappa shape index (κ1) is 32.4. The number of benzene rings is 9. The highest BCUT2D eigenvalue weighted by molar-refractivity contribution is 6.13. The Hall–Kier alpha value is -7.82. The maximum atomic E-state index is 6.71. The number of hydrogen-bond donors (Lipinski definition) is 0. The van der Waals surface area contributed by atoms with E-state index in [0.29, 0.717) is 0 Å². The maximum absolute atomic E-state index is 6.71. The molecule has 9 aromatic carbocycles. The number of rotatable bonds is 6. The number of nitrogens with zero attached hydrogens (tertiary/aromatic N) is 1. The minimum Gasteiger partial charge on any atom is -0.456 e. The highest BCUT2D eigenvalue weighted by atomic mass is 16.3. The number of para-hydroxylation sites is 3. The van der Waals surface area contributed by atoms with Crippen molar-refractivity contribution in [2.75, 3.05) is 4.90 Å². The molecule has 0 N–H and O–H groups in total. The molecule has 0 unspecified atom stereocenters. The lowest BCUT2D eigenvalue weighted by Crippen LogP contribution is -2.09. The van der Waals surface area contributed by atoms with Gasteiger partial charge in [0.2, 0.25) is 0 Å². The molecule has 0 radical (unpaired) electrons. The van der Waals surface area contributed by atoms with Gasteiger partial charge in [0.1, 0.15) is 33.5 Å². The second kappa shape index (κ2) is 12.9. The molecule has 3 heterocycles. The van der Waals surface area contributed by atoms with Crippen LogP contribution in [-0.2, 0) is 0 Å². The van der Waals surface area contributed by atoms with Crippen LogP contribution < -0.4 is 4.90 Å². The molecule has 12 aromatic rings. The Morgan fingerprint density at radius 3 is 1.62 bits per heavy atom. The molecule has 4 nitrogen and oxygen atoms in total. The van der Waals surface area contributed by atoms with Crippen LogP contribution in [0.25, 0.3) is 99.2 Å². The molecule has 272 valence electrons. The molecule has 0 bridgehead atoms. The quantitative estimate of drug-likeness (QED) is 0.170. The van der Waals surface area contributed by atoms with Gasteiger partial charge in [-0.1, -0.05) is 115 Å². The largest absolute Gasteiger partial charge is 0.456 e. The molecule has 0 aliphatic carbocycles. The summed E-state index contributed by atoms with van der Waals surface area (Å²) in [7, 11) is 0. The minimum atomic E-state index is 0.844. The standard InChI is InChI=1S/C54H33NO3/c1-3-11-34(12-4-1)35-13-9-16-40(29-35)55(39-14-5-2-6-15-39)41-24-28-51-48(33-41)45-26-22-36(31-52(45)57-51)37-21-25-44-46-19-10-18-42(54(46)58-53(44)32-37)38-23-27-50-47(30-38)43-17-7-8-20-49(43)56-50/h1-33H. The van der Waals surface area contributed by atoms with Crippen molar-refractivity contribution in [3.8, 4) is 33.4 Å². The van der Waals surface area contributed by atoms with Gasteiger partial charge < -0.3 is 18.2 Å². The van der Waals surface area contributed by atoms with Crippen LogP contribution in [0, 0.1) is 0 Å². The van der Waals surface area contributed by atoms with E-state index in [4.69, 9.17) is 13.3 Å². The van der Waals surface area contributed by atoms with Gasteiger partial charge in [0.25, 0.3) is 0 Å². The molecule has 58 heavy (non-hydrogen) atoms. The first-order valence-electron chi connectivity index (χ1n) is 19.6. The zero-order valence-corrected chi connectivity index (χ0v) is 31.2. The van der Waals surface area contributed by atoms with Crippen LogP contribution in [0.3, 0.4) is 0 Å². The normalized spacial score (nSPS) is 11.8. The lowest BCUT2D eigenvalue weighted by molar-refractivity contribution is 0.668. The van der Waals surface area contributed by atoms with Crippen LogP contribution in [0.15, 0.2) is 213 Å². The number of anilines is 3. The zero-order valence-electron chi connectivity index (χ0n) is 31.2. The van der Waals surface area contributed by atoms with Crippen LogP contribution in [0.2, 0.25) is 0 Å². The van der Waals surface area contributed by atoms with E-state index in [2.05, 4.69) is 193 Å². The van der Waals surface area contributed by atoms with Gasteiger partial charge in [0, 0.05) is 54.9 Å². The fourth-order valence-electron chi connectivity index (χ4n) is 8.66.